The Labute approximate surface area is 176 Å². The van der Waals surface area contributed by atoms with Crippen molar-refractivity contribution in [2.45, 2.75) is 71.4 Å². The third-order valence-electron chi connectivity index (χ3n) is 7.05. The summed E-state index contributed by atoms with van der Waals surface area (Å²) in [4.78, 5) is 0. The van der Waals surface area contributed by atoms with Gasteiger partial charge in [0, 0.05) is 12.2 Å². The Morgan fingerprint density at radius 3 is 2.37 bits per heavy atom. The molecule has 4 aliphatic carbocycles. The molecule has 0 spiro atoms. The number of aliphatic hydroxyl groups excluding tert-OH is 1. The molecule has 2 atom stereocenters. The smallest absolute Gasteiger partial charge is 0.0708 e. The fourth-order valence-electron chi connectivity index (χ4n) is 7.54. The van der Waals surface area contributed by atoms with E-state index in [9.17, 15) is 0 Å². The number of aliphatic hydroxyl groups is 1. The van der Waals surface area contributed by atoms with Gasteiger partial charge in [0.25, 0.3) is 0 Å². The minimum absolute atomic E-state index is 0.0188. The van der Waals surface area contributed by atoms with Crippen molar-refractivity contribution in [3.63, 3.8) is 0 Å². The Morgan fingerprint density at radius 2 is 1.78 bits per heavy atom. The third-order valence-corrected chi connectivity index (χ3v) is 8.11. The van der Waals surface area contributed by atoms with Crippen LogP contribution in [0.15, 0.2) is 6.20 Å². The van der Waals surface area contributed by atoms with Crippen LogP contribution in [0.25, 0.3) is 0 Å². The summed E-state index contributed by atoms with van der Waals surface area (Å²) in [5, 5.41) is 13.6. The van der Waals surface area contributed by atoms with Crippen molar-refractivity contribution in [1.29, 1.82) is 0 Å². The zero-order chi connectivity index (χ0) is 19.3. The maximum Gasteiger partial charge on any atom is 0.0708 e. The second kappa shape index (κ2) is 6.96. The van der Waals surface area contributed by atoms with E-state index in [0.717, 1.165) is 13.0 Å². The van der Waals surface area contributed by atoms with E-state index >= 15 is 0 Å². The van der Waals surface area contributed by atoms with Gasteiger partial charge < -0.3 is 14.6 Å². The van der Waals surface area contributed by atoms with Gasteiger partial charge in [0.1, 0.15) is 0 Å². The highest BCUT2D eigenvalue weighted by atomic mass is 127. The lowest BCUT2D eigenvalue weighted by atomic mass is 9.39. The number of aromatic nitrogens is 2. The molecule has 0 aliphatic heterocycles. The summed E-state index contributed by atoms with van der Waals surface area (Å²) in [6, 6.07) is 0. The van der Waals surface area contributed by atoms with Crippen LogP contribution < -0.4 is 0 Å². The molecule has 4 saturated carbocycles. The fourth-order valence-corrected chi connectivity index (χ4v) is 7.94. The zero-order valence-corrected chi connectivity index (χ0v) is 19.0. The molecule has 0 aromatic carbocycles. The zero-order valence-electron chi connectivity index (χ0n) is 16.9. The van der Waals surface area contributed by atoms with Gasteiger partial charge in [-0.1, -0.05) is 13.8 Å². The summed E-state index contributed by atoms with van der Waals surface area (Å²) in [5.74, 6) is 0. The molecule has 27 heavy (non-hydrogen) atoms. The Morgan fingerprint density at radius 1 is 1.07 bits per heavy atom. The van der Waals surface area contributed by atoms with E-state index in [2.05, 4.69) is 53.1 Å². The molecule has 1 heterocycles. The Kier molecular flexibility index (Phi) is 5.18. The van der Waals surface area contributed by atoms with Crippen molar-refractivity contribution in [3.05, 3.63) is 15.5 Å². The van der Waals surface area contributed by atoms with E-state index < -0.39 is 0 Å². The molecule has 4 fully saturated rings. The molecule has 6 heteroatoms. The monoisotopic (exact) mass is 488 g/mol. The van der Waals surface area contributed by atoms with Crippen LogP contribution in [0.4, 0.5) is 0 Å². The summed E-state index contributed by atoms with van der Waals surface area (Å²) in [7, 11) is 0. The van der Waals surface area contributed by atoms with Crippen molar-refractivity contribution in [2.24, 2.45) is 16.2 Å². The molecule has 1 aromatic heterocycles. The Hall–Kier alpha value is -0.180. The first-order valence-corrected chi connectivity index (χ1v) is 11.3. The van der Waals surface area contributed by atoms with Gasteiger partial charge >= 0.3 is 0 Å². The van der Waals surface area contributed by atoms with Crippen LogP contribution >= 0.6 is 22.6 Å². The summed E-state index contributed by atoms with van der Waals surface area (Å²) < 4.78 is 15.5. The van der Waals surface area contributed by atoms with E-state index in [1.807, 2.05) is 6.20 Å². The number of rotatable bonds is 8. The molecule has 4 bridgehead atoms. The maximum absolute atomic E-state index is 8.89. The van der Waals surface area contributed by atoms with Crippen LogP contribution in [-0.2, 0) is 16.0 Å². The van der Waals surface area contributed by atoms with E-state index in [-0.39, 0.29) is 17.6 Å². The topological polar surface area (TPSA) is 56.5 Å². The van der Waals surface area contributed by atoms with E-state index in [0.29, 0.717) is 30.7 Å². The Bertz CT molecular complexity index is 686. The molecule has 1 N–H and O–H groups in total. The maximum atomic E-state index is 8.89. The predicted molar refractivity (Wildman–Crippen MR) is 113 cm³/mol. The number of hydrogen-bond acceptors (Lipinski definition) is 4. The van der Waals surface area contributed by atoms with Crippen molar-refractivity contribution in [3.8, 4) is 0 Å². The van der Waals surface area contributed by atoms with Crippen molar-refractivity contribution in [1.82, 2.24) is 9.78 Å². The van der Waals surface area contributed by atoms with Crippen molar-refractivity contribution in [2.75, 3.05) is 26.4 Å². The first-order valence-electron chi connectivity index (χ1n) is 10.2. The number of halogens is 1. The molecule has 5 nitrogen and oxygen atoms in total. The third kappa shape index (κ3) is 3.83. The molecule has 5 rings (SSSR count). The van der Waals surface area contributed by atoms with E-state index in [1.54, 1.807) is 0 Å². The minimum Gasteiger partial charge on any atom is -0.394 e. The molecule has 0 amide bonds. The van der Waals surface area contributed by atoms with Crippen LogP contribution in [0.1, 0.15) is 58.1 Å². The summed E-state index contributed by atoms with van der Waals surface area (Å²) in [6.45, 7) is 9.83. The van der Waals surface area contributed by atoms with Gasteiger partial charge in [0.15, 0.2) is 0 Å². The summed E-state index contributed by atoms with van der Waals surface area (Å²) in [6.07, 6.45) is 9.38. The molecular formula is C21H33IN2O3. The fraction of sp³-hybridized carbons (Fsp3) is 0.857. The minimum atomic E-state index is -0.0188. The average Bonchev–Trinajstić information content (AvgIpc) is 2.83. The highest BCUT2D eigenvalue weighted by Crippen LogP contribution is 2.72. The molecule has 1 aromatic rings. The standard InChI is InChI=1S/C21H33IN2O3/c1-16-17(22)8-23-24(16)15-20-10-18(2)9-19(3,11-20)13-21(12-18,14-20)27-7-6-26-5-4-25/h8,25H,4-7,9-15H2,1-3H3. The van der Waals surface area contributed by atoms with E-state index in [4.69, 9.17) is 14.6 Å². The second-order valence-corrected chi connectivity index (χ2v) is 11.4. The van der Waals surface area contributed by atoms with E-state index in [1.165, 1.54) is 41.4 Å². The Balaban J connectivity index is 1.56. The molecule has 2 unspecified atom stereocenters. The second-order valence-electron chi connectivity index (χ2n) is 10.3. The van der Waals surface area contributed by atoms with Gasteiger partial charge in [0.2, 0.25) is 0 Å². The largest absolute Gasteiger partial charge is 0.394 e. The van der Waals surface area contributed by atoms with Gasteiger partial charge in [-0.15, -0.1) is 0 Å². The van der Waals surface area contributed by atoms with Crippen molar-refractivity contribution >= 4 is 22.6 Å². The lowest BCUT2D eigenvalue weighted by Gasteiger charge is -2.69. The number of hydrogen-bond donors (Lipinski definition) is 1. The van der Waals surface area contributed by atoms with Gasteiger partial charge in [0.05, 0.1) is 41.8 Å². The average molecular weight is 488 g/mol. The lowest BCUT2D eigenvalue weighted by Crippen LogP contribution is -2.64. The quantitative estimate of drug-likeness (QED) is 0.445. The van der Waals surface area contributed by atoms with Gasteiger partial charge in [-0.25, -0.2) is 0 Å². The first kappa shape index (κ1) is 20.1. The number of nitrogens with zero attached hydrogens (tertiary/aromatic N) is 2. The SMILES string of the molecule is Cc1c(I)cnn1CC12CC3(C)CC(C)(C1)CC(OCCOCCO)(C3)C2. The van der Waals surface area contributed by atoms with Gasteiger partial charge in [-0.05, 0) is 84.3 Å². The molecule has 152 valence electrons. The normalized spacial score (nSPS) is 40.0. The first-order chi connectivity index (χ1) is 12.7. The van der Waals surface area contributed by atoms with Crippen LogP contribution in [0.5, 0.6) is 0 Å². The highest BCUT2D eigenvalue weighted by molar-refractivity contribution is 14.1. The van der Waals surface area contributed by atoms with Crippen LogP contribution in [-0.4, -0.2) is 46.9 Å². The molecule has 0 radical (unpaired) electrons. The van der Waals surface area contributed by atoms with Crippen LogP contribution in [0.3, 0.4) is 0 Å². The lowest BCUT2D eigenvalue weighted by molar-refractivity contribution is -0.250. The molecular weight excluding hydrogens is 455 g/mol. The van der Waals surface area contributed by atoms with Crippen LogP contribution in [0.2, 0.25) is 0 Å². The van der Waals surface area contributed by atoms with Crippen LogP contribution in [0, 0.1) is 26.7 Å². The van der Waals surface area contributed by atoms with Gasteiger partial charge in [-0.3, -0.25) is 4.68 Å². The number of ether oxygens (including phenoxy) is 2. The summed E-state index contributed by atoms with van der Waals surface area (Å²) in [5.41, 5.74) is 2.28. The molecule has 0 saturated heterocycles. The van der Waals surface area contributed by atoms with Gasteiger partial charge in [-0.2, -0.15) is 5.10 Å². The van der Waals surface area contributed by atoms with Crippen molar-refractivity contribution < 1.29 is 14.6 Å². The predicted octanol–water partition coefficient (Wildman–Crippen LogP) is 3.94. The molecule has 4 aliphatic rings. The highest BCUT2D eigenvalue weighted by Gasteiger charge is 2.66. The summed E-state index contributed by atoms with van der Waals surface area (Å²) >= 11 is 2.38.